The minimum absolute atomic E-state index is 0.212. The van der Waals surface area contributed by atoms with Gasteiger partial charge in [-0.05, 0) is 73.0 Å². The number of aliphatic hydroxyl groups is 3. The molecule has 3 fully saturated rings. The molecule has 3 saturated carbocycles. The predicted octanol–water partition coefficient (Wildman–Crippen LogP) is 5.27. The topological polar surface area (TPSA) is 60.7 Å². The monoisotopic (exact) mass is 428 g/mol. The Morgan fingerprint density at radius 2 is 1.81 bits per heavy atom. The van der Waals surface area contributed by atoms with E-state index in [2.05, 4.69) is 53.3 Å². The van der Waals surface area contributed by atoms with Crippen LogP contribution in [-0.2, 0) is 0 Å². The van der Waals surface area contributed by atoms with Gasteiger partial charge in [-0.15, -0.1) is 0 Å². The molecule has 0 aromatic carbocycles. The highest BCUT2D eigenvalue weighted by molar-refractivity contribution is 5.30. The molecule has 4 aliphatic rings. The van der Waals surface area contributed by atoms with Crippen molar-refractivity contribution < 1.29 is 15.3 Å². The molecule has 174 valence electrons. The summed E-state index contributed by atoms with van der Waals surface area (Å²) in [5, 5.41) is 32.6. The van der Waals surface area contributed by atoms with E-state index in [1.54, 1.807) is 0 Å². The number of fused-ring (bicyclic) bond motifs is 5. The van der Waals surface area contributed by atoms with Crippen molar-refractivity contribution in [2.75, 3.05) is 0 Å². The Balaban J connectivity index is 1.61. The molecule has 3 nitrogen and oxygen atoms in total. The van der Waals surface area contributed by atoms with Crippen molar-refractivity contribution in [2.24, 2.45) is 46.3 Å². The Kier molecular flexibility index (Phi) is 6.12. The fraction of sp³-hybridized carbons (Fsp3) is 0.786. The predicted molar refractivity (Wildman–Crippen MR) is 126 cm³/mol. The van der Waals surface area contributed by atoms with E-state index in [-0.39, 0.29) is 16.7 Å². The lowest BCUT2D eigenvalue weighted by Gasteiger charge is -2.60. The standard InChI is InChI=1S/C28H44O3/c1-16(2)17(3)7-8-18(4)21-9-10-22-26-23(11-12-27(21,22)5)28(6)19(14-24(26)30)13-20(29)15-25(28)31/h7-8,14,16,18,20-26,29-31H,3,9-13,15H2,1-2,4-6H3. The first-order valence-corrected chi connectivity index (χ1v) is 12.6. The molecule has 31 heavy (non-hydrogen) atoms. The molecule has 10 unspecified atom stereocenters. The van der Waals surface area contributed by atoms with Crippen molar-refractivity contribution in [3.63, 3.8) is 0 Å². The molecule has 0 amide bonds. The summed E-state index contributed by atoms with van der Waals surface area (Å²) in [6, 6.07) is 0. The van der Waals surface area contributed by atoms with Crippen molar-refractivity contribution >= 4 is 0 Å². The fourth-order valence-corrected chi connectivity index (χ4v) is 8.20. The molecule has 0 saturated heterocycles. The molecule has 4 aliphatic carbocycles. The van der Waals surface area contributed by atoms with Gasteiger partial charge < -0.3 is 15.3 Å². The molecule has 0 radical (unpaired) electrons. The van der Waals surface area contributed by atoms with Gasteiger partial charge in [-0.25, -0.2) is 0 Å². The molecule has 10 atom stereocenters. The van der Waals surface area contributed by atoms with E-state index < -0.39 is 18.3 Å². The van der Waals surface area contributed by atoms with Gasteiger partial charge in [-0.3, -0.25) is 0 Å². The van der Waals surface area contributed by atoms with Gasteiger partial charge in [0, 0.05) is 11.8 Å². The Morgan fingerprint density at radius 1 is 1.10 bits per heavy atom. The maximum atomic E-state index is 11.3. The van der Waals surface area contributed by atoms with E-state index in [1.807, 2.05) is 6.08 Å². The largest absolute Gasteiger partial charge is 0.393 e. The van der Waals surface area contributed by atoms with Crippen LogP contribution in [0.15, 0.2) is 36.0 Å². The van der Waals surface area contributed by atoms with Crippen molar-refractivity contribution in [1.29, 1.82) is 0 Å². The average Bonchev–Trinajstić information content (AvgIpc) is 3.05. The van der Waals surface area contributed by atoms with Gasteiger partial charge in [0.1, 0.15) is 0 Å². The molecule has 0 aliphatic heterocycles. The summed E-state index contributed by atoms with van der Waals surface area (Å²) in [6.45, 7) is 15.6. The van der Waals surface area contributed by atoms with Gasteiger partial charge in [-0.2, -0.15) is 0 Å². The van der Waals surface area contributed by atoms with Crippen LogP contribution in [0.2, 0.25) is 0 Å². The van der Waals surface area contributed by atoms with Crippen molar-refractivity contribution in [3.8, 4) is 0 Å². The Bertz CT molecular complexity index is 766. The minimum atomic E-state index is -0.520. The fourth-order valence-electron chi connectivity index (χ4n) is 8.20. The third-order valence-corrected chi connectivity index (χ3v) is 10.3. The number of hydrogen-bond donors (Lipinski definition) is 3. The van der Waals surface area contributed by atoms with Crippen LogP contribution < -0.4 is 0 Å². The van der Waals surface area contributed by atoms with Crippen LogP contribution in [0.5, 0.6) is 0 Å². The first-order chi connectivity index (χ1) is 14.5. The normalized spacial score (nSPS) is 48.2. The van der Waals surface area contributed by atoms with Gasteiger partial charge in [-0.1, -0.05) is 70.6 Å². The molecule has 0 aromatic heterocycles. The van der Waals surface area contributed by atoms with Crippen LogP contribution >= 0.6 is 0 Å². The van der Waals surface area contributed by atoms with Crippen molar-refractivity contribution in [3.05, 3.63) is 36.0 Å². The lowest BCUT2D eigenvalue weighted by Crippen LogP contribution is -2.58. The van der Waals surface area contributed by atoms with E-state index in [4.69, 9.17) is 0 Å². The Labute approximate surface area is 189 Å². The second-order valence-corrected chi connectivity index (χ2v) is 12.0. The average molecular weight is 429 g/mol. The first kappa shape index (κ1) is 23.3. The van der Waals surface area contributed by atoms with Crippen LogP contribution in [0.4, 0.5) is 0 Å². The lowest BCUT2D eigenvalue weighted by molar-refractivity contribution is -0.132. The summed E-state index contributed by atoms with van der Waals surface area (Å²) in [6.07, 6.45) is 10.8. The summed E-state index contributed by atoms with van der Waals surface area (Å²) in [7, 11) is 0. The zero-order valence-electron chi connectivity index (χ0n) is 20.2. The zero-order valence-corrected chi connectivity index (χ0v) is 20.2. The van der Waals surface area contributed by atoms with E-state index in [1.165, 1.54) is 18.4 Å². The SMILES string of the molecule is C=C(C=CC(C)C1CCC2C3C(O)C=C4CC(O)CC(O)C4(C)C3CCC12C)C(C)C. The van der Waals surface area contributed by atoms with E-state index in [9.17, 15) is 15.3 Å². The zero-order chi connectivity index (χ0) is 22.7. The third-order valence-electron chi connectivity index (χ3n) is 10.3. The first-order valence-electron chi connectivity index (χ1n) is 12.6. The summed E-state index contributed by atoms with van der Waals surface area (Å²) in [4.78, 5) is 0. The molecule has 0 aromatic rings. The maximum absolute atomic E-state index is 11.3. The molecular weight excluding hydrogens is 384 g/mol. The third kappa shape index (κ3) is 3.60. The molecule has 0 heterocycles. The summed E-state index contributed by atoms with van der Waals surface area (Å²) in [5.41, 5.74) is 2.21. The Morgan fingerprint density at radius 3 is 2.48 bits per heavy atom. The number of hydrogen-bond acceptors (Lipinski definition) is 3. The molecule has 4 rings (SSSR count). The summed E-state index contributed by atoms with van der Waals surface area (Å²) < 4.78 is 0. The van der Waals surface area contributed by atoms with E-state index >= 15 is 0 Å². The molecule has 0 bridgehead atoms. The molecule has 3 N–H and O–H groups in total. The van der Waals surface area contributed by atoms with E-state index in [0.717, 1.165) is 18.4 Å². The Hall–Kier alpha value is -0.900. The number of allylic oxidation sites excluding steroid dienone is 3. The van der Waals surface area contributed by atoms with Crippen LogP contribution in [0.25, 0.3) is 0 Å². The molecule has 0 spiro atoms. The molecular formula is C28H44O3. The van der Waals surface area contributed by atoms with Crippen molar-refractivity contribution in [1.82, 2.24) is 0 Å². The van der Waals surface area contributed by atoms with Crippen LogP contribution in [0, 0.1) is 46.3 Å². The minimum Gasteiger partial charge on any atom is -0.393 e. The summed E-state index contributed by atoms with van der Waals surface area (Å²) >= 11 is 0. The van der Waals surface area contributed by atoms with Gasteiger partial charge in [0.05, 0.1) is 18.3 Å². The van der Waals surface area contributed by atoms with Crippen LogP contribution in [0.1, 0.15) is 73.1 Å². The van der Waals surface area contributed by atoms with Crippen LogP contribution in [-0.4, -0.2) is 33.6 Å². The lowest BCUT2D eigenvalue weighted by atomic mass is 9.45. The van der Waals surface area contributed by atoms with Crippen molar-refractivity contribution in [2.45, 2.75) is 91.5 Å². The highest BCUT2D eigenvalue weighted by Crippen LogP contribution is 2.67. The van der Waals surface area contributed by atoms with Gasteiger partial charge in [0.2, 0.25) is 0 Å². The second kappa shape index (κ2) is 8.15. The van der Waals surface area contributed by atoms with Gasteiger partial charge in [0.15, 0.2) is 0 Å². The van der Waals surface area contributed by atoms with Gasteiger partial charge in [0.25, 0.3) is 0 Å². The van der Waals surface area contributed by atoms with E-state index in [0.29, 0.717) is 42.4 Å². The second-order valence-electron chi connectivity index (χ2n) is 12.0. The highest BCUT2D eigenvalue weighted by Gasteiger charge is 2.62. The highest BCUT2D eigenvalue weighted by atomic mass is 16.3. The number of aliphatic hydroxyl groups excluding tert-OH is 3. The van der Waals surface area contributed by atoms with Gasteiger partial charge >= 0.3 is 0 Å². The quantitative estimate of drug-likeness (QED) is 0.422. The summed E-state index contributed by atoms with van der Waals surface area (Å²) in [5.74, 6) is 2.60. The smallest absolute Gasteiger partial charge is 0.0757 e. The van der Waals surface area contributed by atoms with Crippen LogP contribution in [0.3, 0.4) is 0 Å². The molecule has 3 heteroatoms. The number of rotatable bonds is 4. The maximum Gasteiger partial charge on any atom is 0.0757 e.